The predicted molar refractivity (Wildman–Crippen MR) is 59.1 cm³/mol. The molecule has 2 unspecified atom stereocenters. The van der Waals surface area contributed by atoms with Gasteiger partial charge in [0.2, 0.25) is 5.91 Å². The topological polar surface area (TPSA) is 56.8 Å². The third kappa shape index (κ3) is 1.72. The number of methoxy groups -OCH3 is 1. The summed E-state index contributed by atoms with van der Waals surface area (Å²) in [6, 6.07) is 5.49. The minimum Gasteiger partial charge on any atom is -0.497 e. The summed E-state index contributed by atoms with van der Waals surface area (Å²) in [6.07, 6.45) is -0.147. The summed E-state index contributed by atoms with van der Waals surface area (Å²) in [6.45, 7) is 0.535. The van der Waals surface area contributed by atoms with Crippen LogP contribution in [0.2, 0.25) is 0 Å². The molecule has 5 heteroatoms. The molecule has 1 amide bonds. The van der Waals surface area contributed by atoms with Gasteiger partial charge in [-0.2, -0.15) is 0 Å². The Morgan fingerprint density at radius 3 is 3.18 bits per heavy atom. The number of amides is 1. The highest BCUT2D eigenvalue weighted by atomic mass is 16.5. The van der Waals surface area contributed by atoms with Crippen LogP contribution in [0.1, 0.15) is 11.7 Å². The molecule has 17 heavy (non-hydrogen) atoms. The summed E-state index contributed by atoms with van der Waals surface area (Å²) in [5.74, 6) is 1.46. The smallest absolute Gasteiger partial charge is 0.246 e. The highest BCUT2D eigenvalue weighted by Gasteiger charge is 2.36. The molecule has 0 saturated carbocycles. The molecule has 0 bridgehead atoms. The molecule has 1 N–H and O–H groups in total. The Morgan fingerprint density at radius 2 is 2.35 bits per heavy atom. The Hall–Kier alpha value is -1.75. The quantitative estimate of drug-likeness (QED) is 0.776. The van der Waals surface area contributed by atoms with E-state index in [0.717, 1.165) is 17.1 Å². The number of hydrogen-bond acceptors (Lipinski definition) is 4. The molecule has 3 rings (SSSR count). The van der Waals surface area contributed by atoms with E-state index in [0.29, 0.717) is 6.61 Å². The standard InChI is InChI=1S/C12H13NO4/c1-15-7-2-3-10-8(4-7)12-9(5-16-10)13-11(14)6-17-12/h2-4,9,12H,5-6H2,1H3,(H,13,14). The molecule has 0 aliphatic carbocycles. The number of fused-ring (bicyclic) bond motifs is 3. The first-order valence-electron chi connectivity index (χ1n) is 5.49. The predicted octanol–water partition coefficient (Wildman–Crippen LogP) is 0.644. The van der Waals surface area contributed by atoms with E-state index in [1.54, 1.807) is 7.11 Å². The maximum Gasteiger partial charge on any atom is 0.246 e. The molecule has 1 fully saturated rings. The highest BCUT2D eigenvalue weighted by molar-refractivity contribution is 5.78. The van der Waals surface area contributed by atoms with Crippen molar-refractivity contribution in [3.8, 4) is 11.5 Å². The molecule has 1 aromatic rings. The summed E-state index contributed by atoms with van der Waals surface area (Å²) in [5.41, 5.74) is 0.931. The number of carbonyl (C=O) groups excluding carboxylic acids is 1. The minimum atomic E-state index is -0.147. The summed E-state index contributed by atoms with van der Waals surface area (Å²) in [4.78, 5) is 11.2. The fourth-order valence-electron chi connectivity index (χ4n) is 2.23. The largest absolute Gasteiger partial charge is 0.497 e. The van der Waals surface area contributed by atoms with E-state index >= 15 is 0 Å². The fraction of sp³-hybridized carbons (Fsp3) is 0.417. The Kier molecular flexibility index (Phi) is 2.40. The first-order valence-corrected chi connectivity index (χ1v) is 5.49. The van der Waals surface area contributed by atoms with Crippen molar-refractivity contribution in [2.24, 2.45) is 0 Å². The SMILES string of the molecule is COc1ccc2c(c1)C1OCC(=O)NC1CO2. The second-order valence-electron chi connectivity index (χ2n) is 4.12. The van der Waals surface area contributed by atoms with Gasteiger partial charge < -0.3 is 19.5 Å². The lowest BCUT2D eigenvalue weighted by Gasteiger charge is -2.37. The zero-order chi connectivity index (χ0) is 11.8. The molecular weight excluding hydrogens is 222 g/mol. The molecule has 2 heterocycles. The first-order chi connectivity index (χ1) is 8.28. The number of benzene rings is 1. The van der Waals surface area contributed by atoms with Crippen molar-refractivity contribution in [1.29, 1.82) is 0 Å². The average molecular weight is 235 g/mol. The first kappa shape index (κ1) is 10.4. The van der Waals surface area contributed by atoms with Gasteiger partial charge in [-0.3, -0.25) is 4.79 Å². The number of morpholine rings is 1. The monoisotopic (exact) mass is 235 g/mol. The van der Waals surface area contributed by atoms with Crippen LogP contribution in [-0.4, -0.2) is 32.3 Å². The van der Waals surface area contributed by atoms with Crippen molar-refractivity contribution in [1.82, 2.24) is 5.32 Å². The summed E-state index contributed by atoms with van der Waals surface area (Å²) in [5, 5.41) is 2.87. The van der Waals surface area contributed by atoms with Gasteiger partial charge in [0.05, 0.1) is 13.2 Å². The van der Waals surface area contributed by atoms with E-state index in [1.165, 1.54) is 0 Å². The van der Waals surface area contributed by atoms with Crippen LogP contribution in [0.15, 0.2) is 18.2 Å². The third-order valence-electron chi connectivity index (χ3n) is 3.05. The molecule has 0 aromatic heterocycles. The number of nitrogens with one attached hydrogen (secondary N) is 1. The van der Waals surface area contributed by atoms with Crippen LogP contribution in [-0.2, 0) is 9.53 Å². The van der Waals surface area contributed by atoms with Crippen molar-refractivity contribution in [2.45, 2.75) is 12.1 Å². The third-order valence-corrected chi connectivity index (χ3v) is 3.05. The summed E-state index contributed by atoms with van der Waals surface area (Å²) in [7, 11) is 1.62. The van der Waals surface area contributed by atoms with Crippen molar-refractivity contribution in [2.75, 3.05) is 20.3 Å². The second kappa shape index (κ2) is 3.92. The molecule has 1 saturated heterocycles. The molecule has 0 spiro atoms. The maximum atomic E-state index is 11.2. The Balaban J connectivity index is 1.97. The molecule has 2 aliphatic rings. The summed E-state index contributed by atoms with van der Waals surface area (Å²) >= 11 is 0. The maximum absolute atomic E-state index is 11.2. The van der Waals surface area contributed by atoms with Crippen LogP contribution in [0.4, 0.5) is 0 Å². The van der Waals surface area contributed by atoms with Crippen molar-refractivity contribution in [3.05, 3.63) is 23.8 Å². The van der Waals surface area contributed by atoms with Gasteiger partial charge in [0, 0.05) is 5.56 Å². The van der Waals surface area contributed by atoms with Gasteiger partial charge in [-0.25, -0.2) is 0 Å². The molecule has 2 aliphatic heterocycles. The average Bonchev–Trinajstić information content (AvgIpc) is 2.37. The zero-order valence-electron chi connectivity index (χ0n) is 9.43. The Bertz CT molecular complexity index is 460. The lowest BCUT2D eigenvalue weighted by Crippen LogP contribution is -2.52. The normalized spacial score (nSPS) is 26.3. The molecule has 1 aromatic carbocycles. The van der Waals surface area contributed by atoms with E-state index in [2.05, 4.69) is 5.32 Å². The van der Waals surface area contributed by atoms with E-state index in [4.69, 9.17) is 14.2 Å². The second-order valence-corrected chi connectivity index (χ2v) is 4.12. The molecule has 5 nitrogen and oxygen atoms in total. The van der Waals surface area contributed by atoms with E-state index < -0.39 is 0 Å². The van der Waals surface area contributed by atoms with Gasteiger partial charge in [-0.15, -0.1) is 0 Å². The number of ether oxygens (including phenoxy) is 3. The van der Waals surface area contributed by atoms with Gasteiger partial charge >= 0.3 is 0 Å². The minimum absolute atomic E-state index is 0.0951. The van der Waals surface area contributed by atoms with Crippen LogP contribution < -0.4 is 14.8 Å². The number of hydrogen-bond donors (Lipinski definition) is 1. The van der Waals surface area contributed by atoms with Crippen LogP contribution in [0, 0.1) is 0 Å². The van der Waals surface area contributed by atoms with E-state index in [1.807, 2.05) is 18.2 Å². The molecule has 2 atom stereocenters. The molecule has 0 radical (unpaired) electrons. The van der Waals surface area contributed by atoms with Gasteiger partial charge in [0.15, 0.2) is 0 Å². The number of rotatable bonds is 1. The fourth-order valence-corrected chi connectivity index (χ4v) is 2.23. The van der Waals surface area contributed by atoms with Gasteiger partial charge in [0.25, 0.3) is 0 Å². The van der Waals surface area contributed by atoms with Crippen LogP contribution in [0.3, 0.4) is 0 Å². The molecular formula is C12H13NO4. The Morgan fingerprint density at radius 1 is 1.47 bits per heavy atom. The van der Waals surface area contributed by atoms with Crippen LogP contribution >= 0.6 is 0 Å². The van der Waals surface area contributed by atoms with Crippen LogP contribution in [0.25, 0.3) is 0 Å². The van der Waals surface area contributed by atoms with Crippen molar-refractivity contribution < 1.29 is 19.0 Å². The van der Waals surface area contributed by atoms with Crippen molar-refractivity contribution >= 4 is 5.91 Å². The van der Waals surface area contributed by atoms with Gasteiger partial charge in [0.1, 0.15) is 30.8 Å². The van der Waals surface area contributed by atoms with Gasteiger partial charge in [-0.05, 0) is 18.2 Å². The van der Waals surface area contributed by atoms with Crippen LogP contribution in [0.5, 0.6) is 11.5 Å². The van der Waals surface area contributed by atoms with E-state index in [9.17, 15) is 4.79 Å². The van der Waals surface area contributed by atoms with Crippen molar-refractivity contribution in [3.63, 3.8) is 0 Å². The zero-order valence-corrected chi connectivity index (χ0v) is 9.43. The number of carbonyl (C=O) groups is 1. The Labute approximate surface area is 98.7 Å². The highest BCUT2D eigenvalue weighted by Crippen LogP contribution is 2.37. The van der Waals surface area contributed by atoms with Gasteiger partial charge in [-0.1, -0.05) is 0 Å². The molecule has 90 valence electrons. The lowest BCUT2D eigenvalue weighted by molar-refractivity contribution is -0.139. The summed E-state index contributed by atoms with van der Waals surface area (Å²) < 4.78 is 16.3. The van der Waals surface area contributed by atoms with E-state index in [-0.39, 0.29) is 24.7 Å². The lowest BCUT2D eigenvalue weighted by atomic mass is 9.97.